The molecule has 0 N–H and O–H groups in total. The van der Waals surface area contributed by atoms with Crippen LogP contribution in [0.3, 0.4) is 0 Å². The van der Waals surface area contributed by atoms with E-state index in [0.717, 1.165) is 24.3 Å². The summed E-state index contributed by atoms with van der Waals surface area (Å²) in [7, 11) is 0. The molecule has 7 nitrogen and oxygen atoms in total. The van der Waals surface area contributed by atoms with Crippen molar-refractivity contribution in [3.05, 3.63) is 54.1 Å². The summed E-state index contributed by atoms with van der Waals surface area (Å²) in [6, 6.07) is 15.8. The molecular formula is C24H27N3O4. The zero-order valence-electron chi connectivity index (χ0n) is 17.5. The molecule has 1 saturated heterocycles. The molecule has 0 radical (unpaired) electrons. The van der Waals surface area contributed by atoms with E-state index in [1.54, 1.807) is 0 Å². The van der Waals surface area contributed by atoms with Gasteiger partial charge in [0.1, 0.15) is 5.75 Å². The largest absolute Gasteiger partial charge is 0.477 e. The third-order valence-electron chi connectivity index (χ3n) is 6.24. The number of anilines is 2. The fourth-order valence-corrected chi connectivity index (χ4v) is 4.60. The molecule has 2 aromatic carbocycles. The predicted octanol–water partition coefficient (Wildman–Crippen LogP) is 2.09. The van der Waals surface area contributed by atoms with Crippen LogP contribution in [0.25, 0.3) is 0 Å². The first kappa shape index (κ1) is 19.9. The van der Waals surface area contributed by atoms with Crippen molar-refractivity contribution in [3.8, 4) is 5.75 Å². The Labute approximate surface area is 182 Å². The fraction of sp³-hybridized carbons (Fsp3) is 0.417. The number of hydrogen-bond donors (Lipinski definition) is 0. The summed E-state index contributed by atoms with van der Waals surface area (Å²) in [5.41, 5.74) is 3.18. The van der Waals surface area contributed by atoms with Crippen LogP contribution < -0.4 is 14.5 Å². The molecule has 0 bridgehead atoms. The molecule has 0 spiro atoms. The van der Waals surface area contributed by atoms with E-state index in [9.17, 15) is 9.59 Å². The molecule has 5 rings (SSSR count). The van der Waals surface area contributed by atoms with Crippen LogP contribution in [-0.2, 0) is 20.7 Å². The lowest BCUT2D eigenvalue weighted by atomic mass is 10.1. The van der Waals surface area contributed by atoms with E-state index in [1.807, 2.05) is 52.3 Å². The molecule has 0 aliphatic carbocycles. The van der Waals surface area contributed by atoms with E-state index in [-0.39, 0.29) is 11.8 Å². The molecule has 1 unspecified atom stereocenters. The molecule has 1 fully saturated rings. The minimum Gasteiger partial charge on any atom is -0.477 e. The molecule has 1 atom stereocenters. The summed E-state index contributed by atoms with van der Waals surface area (Å²) in [4.78, 5) is 31.9. The Morgan fingerprint density at radius 3 is 2.52 bits per heavy atom. The zero-order valence-corrected chi connectivity index (χ0v) is 17.5. The standard InChI is InChI=1S/C24H27N3O4/c28-23(27-12-9-18-5-1-2-6-19(18)27)10-11-26-17-22(24(29)25-13-15-30-16-14-25)31-21-8-4-3-7-20(21)26/h1-8,22H,9-17H2. The van der Waals surface area contributed by atoms with Gasteiger partial charge >= 0.3 is 0 Å². The number of hydrogen-bond acceptors (Lipinski definition) is 5. The van der Waals surface area contributed by atoms with Crippen molar-refractivity contribution in [2.24, 2.45) is 0 Å². The number of benzene rings is 2. The number of carbonyl (C=O) groups is 2. The molecule has 7 heteroatoms. The number of nitrogens with zero attached hydrogens (tertiary/aromatic N) is 3. The average Bonchev–Trinajstić information content (AvgIpc) is 3.26. The van der Waals surface area contributed by atoms with Gasteiger partial charge in [-0.25, -0.2) is 0 Å². The van der Waals surface area contributed by atoms with Crippen LogP contribution in [-0.4, -0.2) is 68.8 Å². The summed E-state index contributed by atoms with van der Waals surface area (Å²) in [5, 5.41) is 0. The summed E-state index contributed by atoms with van der Waals surface area (Å²) in [6.45, 7) is 4.02. The molecule has 3 aliphatic heterocycles. The Morgan fingerprint density at radius 2 is 1.68 bits per heavy atom. The second kappa shape index (κ2) is 8.59. The van der Waals surface area contributed by atoms with Gasteiger partial charge in [0.05, 0.1) is 25.4 Å². The lowest BCUT2D eigenvalue weighted by Gasteiger charge is -2.38. The van der Waals surface area contributed by atoms with Crippen LogP contribution in [0.15, 0.2) is 48.5 Å². The number of amides is 2. The molecule has 3 aliphatic rings. The van der Waals surface area contributed by atoms with Gasteiger partial charge in [-0.05, 0) is 30.2 Å². The summed E-state index contributed by atoms with van der Waals surface area (Å²) < 4.78 is 11.4. The molecule has 0 aromatic heterocycles. The van der Waals surface area contributed by atoms with Crippen LogP contribution in [0, 0.1) is 0 Å². The van der Waals surface area contributed by atoms with Crippen LogP contribution in [0.1, 0.15) is 12.0 Å². The second-order valence-corrected chi connectivity index (χ2v) is 8.13. The van der Waals surface area contributed by atoms with Gasteiger partial charge in [0.15, 0.2) is 6.10 Å². The smallest absolute Gasteiger partial charge is 0.265 e. The van der Waals surface area contributed by atoms with Gasteiger partial charge in [-0.1, -0.05) is 30.3 Å². The Morgan fingerprint density at radius 1 is 0.935 bits per heavy atom. The Hall–Kier alpha value is -3.06. The Bertz CT molecular complexity index is 973. The van der Waals surface area contributed by atoms with Crippen molar-refractivity contribution >= 4 is 23.2 Å². The summed E-state index contributed by atoms with van der Waals surface area (Å²) in [6.07, 6.45) is 0.718. The lowest BCUT2D eigenvalue weighted by molar-refractivity contribution is -0.142. The van der Waals surface area contributed by atoms with Crippen molar-refractivity contribution in [2.45, 2.75) is 18.9 Å². The van der Waals surface area contributed by atoms with E-state index in [1.165, 1.54) is 5.56 Å². The summed E-state index contributed by atoms with van der Waals surface area (Å²) in [5.74, 6) is 0.798. The molecule has 2 aromatic rings. The monoisotopic (exact) mass is 421 g/mol. The van der Waals surface area contributed by atoms with Crippen LogP contribution in [0.5, 0.6) is 5.75 Å². The molecule has 31 heavy (non-hydrogen) atoms. The van der Waals surface area contributed by atoms with Gasteiger partial charge in [-0.3, -0.25) is 9.59 Å². The highest BCUT2D eigenvalue weighted by Gasteiger charge is 2.34. The van der Waals surface area contributed by atoms with E-state index in [2.05, 4.69) is 11.0 Å². The van der Waals surface area contributed by atoms with Crippen LogP contribution >= 0.6 is 0 Å². The molecule has 162 valence electrons. The zero-order chi connectivity index (χ0) is 21.2. The Kier molecular flexibility index (Phi) is 5.51. The van der Waals surface area contributed by atoms with E-state index in [4.69, 9.17) is 9.47 Å². The van der Waals surface area contributed by atoms with Gasteiger partial charge in [-0.15, -0.1) is 0 Å². The number of para-hydroxylation sites is 3. The molecule has 0 saturated carbocycles. The van der Waals surface area contributed by atoms with Crippen LogP contribution in [0.2, 0.25) is 0 Å². The predicted molar refractivity (Wildman–Crippen MR) is 118 cm³/mol. The number of rotatable bonds is 4. The highest BCUT2D eigenvalue weighted by atomic mass is 16.5. The Balaban J connectivity index is 1.28. The first-order valence-corrected chi connectivity index (χ1v) is 11.0. The fourth-order valence-electron chi connectivity index (χ4n) is 4.60. The van der Waals surface area contributed by atoms with Gasteiger partial charge in [0.2, 0.25) is 5.91 Å². The molecular weight excluding hydrogens is 394 g/mol. The van der Waals surface area contributed by atoms with Crippen molar-refractivity contribution in [2.75, 3.05) is 55.7 Å². The first-order valence-electron chi connectivity index (χ1n) is 11.0. The van der Waals surface area contributed by atoms with E-state index in [0.29, 0.717) is 51.6 Å². The molecule has 3 heterocycles. The summed E-state index contributed by atoms with van der Waals surface area (Å²) >= 11 is 0. The number of carbonyl (C=O) groups excluding carboxylic acids is 2. The van der Waals surface area contributed by atoms with Crippen molar-refractivity contribution in [1.29, 1.82) is 0 Å². The minimum absolute atomic E-state index is 0.0115. The average molecular weight is 421 g/mol. The van der Waals surface area contributed by atoms with Crippen molar-refractivity contribution in [1.82, 2.24) is 4.90 Å². The topological polar surface area (TPSA) is 62.3 Å². The third kappa shape index (κ3) is 3.97. The number of fused-ring (bicyclic) bond motifs is 2. The maximum Gasteiger partial charge on any atom is 0.265 e. The molecule has 2 amide bonds. The highest BCUT2D eigenvalue weighted by Crippen LogP contribution is 2.34. The van der Waals surface area contributed by atoms with E-state index >= 15 is 0 Å². The third-order valence-corrected chi connectivity index (χ3v) is 6.24. The maximum absolute atomic E-state index is 13.0. The number of ether oxygens (including phenoxy) is 2. The van der Waals surface area contributed by atoms with Crippen molar-refractivity contribution in [3.63, 3.8) is 0 Å². The lowest BCUT2D eigenvalue weighted by Crippen LogP contribution is -2.53. The highest BCUT2D eigenvalue weighted by molar-refractivity contribution is 5.95. The maximum atomic E-state index is 13.0. The van der Waals surface area contributed by atoms with E-state index < -0.39 is 6.10 Å². The van der Waals surface area contributed by atoms with Gasteiger partial charge in [-0.2, -0.15) is 0 Å². The first-order chi connectivity index (χ1) is 15.2. The minimum atomic E-state index is -0.574. The quantitative estimate of drug-likeness (QED) is 0.757. The second-order valence-electron chi connectivity index (χ2n) is 8.13. The SMILES string of the molecule is O=C(C1CN(CCC(=O)N2CCc3ccccc32)c2ccccc2O1)N1CCOCC1. The van der Waals surface area contributed by atoms with Gasteiger partial charge < -0.3 is 24.2 Å². The van der Waals surface area contributed by atoms with Crippen LogP contribution in [0.4, 0.5) is 11.4 Å². The normalized spacial score (nSPS) is 20.1. The van der Waals surface area contributed by atoms with Gasteiger partial charge in [0.25, 0.3) is 5.91 Å². The number of morpholine rings is 1. The van der Waals surface area contributed by atoms with Gasteiger partial charge in [0, 0.05) is 38.3 Å². The van der Waals surface area contributed by atoms with Crippen molar-refractivity contribution < 1.29 is 19.1 Å².